The maximum atomic E-state index is 12.1. The van der Waals surface area contributed by atoms with Crippen LogP contribution in [-0.2, 0) is 6.42 Å². The van der Waals surface area contributed by atoms with Gasteiger partial charge in [0, 0.05) is 0 Å². The Morgan fingerprint density at radius 2 is 1.93 bits per heavy atom. The van der Waals surface area contributed by atoms with Crippen molar-refractivity contribution in [2.75, 3.05) is 6.67 Å². The molecule has 1 aromatic carbocycles. The minimum atomic E-state index is -1.41. The van der Waals surface area contributed by atoms with E-state index < -0.39 is 21.4 Å². The van der Waals surface area contributed by atoms with E-state index in [1.807, 2.05) is 0 Å². The average Bonchev–Trinajstić information content (AvgIpc) is 2.29. The number of benzene rings is 1. The fraction of sp³-hybridized carbons (Fsp3) is 0.538. The van der Waals surface area contributed by atoms with E-state index >= 15 is 0 Å². The van der Waals surface area contributed by atoms with Crippen molar-refractivity contribution in [2.24, 2.45) is 0 Å². The van der Waals surface area contributed by atoms with E-state index in [2.05, 4.69) is 38.1 Å². The van der Waals surface area contributed by atoms with E-state index in [1.165, 1.54) is 13.9 Å². The van der Waals surface area contributed by atoms with Gasteiger partial charge in [0.2, 0.25) is 0 Å². The summed E-state index contributed by atoms with van der Waals surface area (Å²) in [4.78, 5) is 0. The van der Waals surface area contributed by atoms with Crippen LogP contribution in [0.3, 0.4) is 0 Å². The number of halogens is 1. The van der Waals surface area contributed by atoms with Gasteiger partial charge in [-0.2, -0.15) is 0 Å². The molecule has 0 fully saturated rings. The van der Waals surface area contributed by atoms with Crippen molar-refractivity contribution < 1.29 is 4.39 Å². The Bertz CT molecular complexity index is 282. The monoisotopic (exact) mass is 310 g/mol. The van der Waals surface area contributed by atoms with Crippen molar-refractivity contribution >= 4 is 24.8 Å². The molecule has 15 heavy (non-hydrogen) atoms. The van der Waals surface area contributed by atoms with E-state index in [1.54, 1.807) is 3.32 Å². The number of hydrogen-bond donors (Lipinski definition) is 0. The molecule has 0 aliphatic rings. The molecule has 0 spiro atoms. The van der Waals surface area contributed by atoms with Gasteiger partial charge in [0.05, 0.1) is 0 Å². The summed E-state index contributed by atoms with van der Waals surface area (Å²) in [6, 6.07) is 8.90. The van der Waals surface area contributed by atoms with Crippen LogP contribution in [0, 0.1) is 0 Å². The molecule has 0 aromatic heterocycles. The molecule has 0 saturated heterocycles. The number of aryl methyl sites for hydroxylation is 1. The molecule has 0 unspecified atom stereocenters. The van der Waals surface area contributed by atoms with Crippen molar-refractivity contribution in [3.05, 3.63) is 29.8 Å². The van der Waals surface area contributed by atoms with Crippen LogP contribution in [0.2, 0.25) is 8.35 Å². The fourth-order valence-corrected chi connectivity index (χ4v) is 8.75. The van der Waals surface area contributed by atoms with E-state index in [4.69, 9.17) is 0 Å². The average molecular weight is 310 g/mol. The molecule has 2 heteroatoms. The Hall–Kier alpha value is 0.0201. The van der Waals surface area contributed by atoms with Crippen molar-refractivity contribution in [2.45, 2.75) is 35.0 Å². The number of rotatable bonds is 6. The third-order valence-corrected chi connectivity index (χ3v) is 12.3. The van der Waals surface area contributed by atoms with Crippen LogP contribution in [0.4, 0.5) is 4.39 Å². The third-order valence-electron chi connectivity index (χ3n) is 3.01. The Balaban J connectivity index is 2.72. The molecule has 0 aliphatic carbocycles. The second kappa shape index (κ2) is 7.32. The van der Waals surface area contributed by atoms with E-state index in [0.29, 0.717) is 6.42 Å². The fourth-order valence-electron chi connectivity index (χ4n) is 2.03. The molecule has 0 nitrogen and oxygen atoms in total. The van der Waals surface area contributed by atoms with E-state index in [-0.39, 0.29) is 6.67 Å². The minimum absolute atomic E-state index is 0.196. The van der Waals surface area contributed by atoms with Gasteiger partial charge in [0.15, 0.2) is 0 Å². The number of hydrogen-bond acceptors (Lipinski definition) is 0. The molecule has 0 radical (unpaired) electrons. The van der Waals surface area contributed by atoms with Gasteiger partial charge in [-0.3, -0.25) is 0 Å². The van der Waals surface area contributed by atoms with Crippen LogP contribution in [-0.4, -0.2) is 28.1 Å². The molecular weight excluding hydrogens is 290 g/mol. The van der Waals surface area contributed by atoms with Crippen molar-refractivity contribution in [3.63, 3.8) is 0 Å². The van der Waals surface area contributed by atoms with Crippen LogP contribution in [0.1, 0.15) is 25.8 Å². The first-order valence-corrected chi connectivity index (χ1v) is 12.3. The first-order valence-electron chi connectivity index (χ1n) is 5.96. The van der Waals surface area contributed by atoms with Crippen molar-refractivity contribution in [1.82, 2.24) is 0 Å². The van der Waals surface area contributed by atoms with Gasteiger partial charge in [-0.05, 0) is 0 Å². The molecule has 0 heterocycles. The zero-order valence-electron chi connectivity index (χ0n) is 9.80. The summed E-state index contributed by atoms with van der Waals surface area (Å²) in [6.07, 6.45) is 1.57. The summed E-state index contributed by atoms with van der Waals surface area (Å²) < 4.78 is 16.5. The molecule has 0 saturated carbocycles. The Morgan fingerprint density at radius 3 is 2.53 bits per heavy atom. The summed E-state index contributed by atoms with van der Waals surface area (Å²) >= 11 is -1.41. The summed E-state index contributed by atoms with van der Waals surface area (Å²) in [7, 11) is 0. The maximum absolute atomic E-state index is 12.1. The normalized spacial score (nSPS) is 10.3. The van der Waals surface area contributed by atoms with Gasteiger partial charge in [-0.25, -0.2) is 0 Å². The molecule has 0 atom stereocenters. The van der Waals surface area contributed by atoms with Crippen LogP contribution >= 0.6 is 0 Å². The van der Waals surface area contributed by atoms with Crippen LogP contribution in [0.25, 0.3) is 0 Å². The zero-order valence-corrected chi connectivity index (χ0v) is 13.1. The van der Waals surface area contributed by atoms with E-state index in [0.717, 1.165) is 6.42 Å². The quantitative estimate of drug-likeness (QED) is 0.756. The van der Waals surface area contributed by atoms with Crippen LogP contribution in [0.5, 0.6) is 0 Å². The first kappa shape index (κ1) is 13.1. The van der Waals surface area contributed by atoms with Crippen molar-refractivity contribution in [1.29, 1.82) is 0 Å². The SMILES string of the molecule is C[CH2][In]([CH2]C)[c]1cccc(CCCF)c1. The van der Waals surface area contributed by atoms with Crippen molar-refractivity contribution in [3.8, 4) is 0 Å². The molecule has 1 aromatic rings. The standard InChI is InChI=1S/C9H10F.2C2H5.In/c10-8-4-7-9-5-2-1-3-6-9;2*1-2;/h1-2,5-6H,4,7-8H2;2*1H2,2H3;. The van der Waals surface area contributed by atoms with E-state index in [9.17, 15) is 4.39 Å². The molecule has 1 rings (SSSR count). The van der Waals surface area contributed by atoms with Gasteiger partial charge < -0.3 is 0 Å². The van der Waals surface area contributed by atoms with Gasteiger partial charge in [-0.1, -0.05) is 0 Å². The summed E-state index contributed by atoms with van der Waals surface area (Å²) in [5, 5.41) is 0. The predicted molar refractivity (Wildman–Crippen MR) is 67.1 cm³/mol. The van der Waals surface area contributed by atoms with Gasteiger partial charge >= 0.3 is 101 Å². The van der Waals surface area contributed by atoms with Crippen LogP contribution in [0.15, 0.2) is 24.3 Å². The van der Waals surface area contributed by atoms with Gasteiger partial charge in [-0.15, -0.1) is 0 Å². The first-order chi connectivity index (χ1) is 7.31. The molecule has 82 valence electrons. The summed E-state index contributed by atoms with van der Waals surface area (Å²) in [5.41, 5.74) is 1.33. The Labute approximate surface area is 100 Å². The molecule has 0 bridgehead atoms. The van der Waals surface area contributed by atoms with Gasteiger partial charge in [0.1, 0.15) is 0 Å². The molecule has 0 aliphatic heterocycles. The van der Waals surface area contributed by atoms with Crippen LogP contribution < -0.4 is 3.32 Å². The second-order valence-electron chi connectivity index (χ2n) is 4.05. The molecular formula is C13H20FIn. The predicted octanol–water partition coefficient (Wildman–Crippen LogP) is 3.33. The Kier molecular flexibility index (Phi) is 6.39. The molecule has 0 N–H and O–H groups in total. The zero-order chi connectivity index (χ0) is 11.1. The number of alkyl halides is 1. The topological polar surface area (TPSA) is 0 Å². The third kappa shape index (κ3) is 4.18. The summed E-state index contributed by atoms with van der Waals surface area (Å²) in [5.74, 6) is 0. The molecule has 0 amide bonds. The summed E-state index contributed by atoms with van der Waals surface area (Å²) in [6.45, 7) is 4.44. The second-order valence-corrected chi connectivity index (χ2v) is 14.6. The Morgan fingerprint density at radius 1 is 1.20 bits per heavy atom. The van der Waals surface area contributed by atoms with Gasteiger partial charge in [0.25, 0.3) is 0 Å².